The first-order chi connectivity index (χ1) is 7.10. The molecule has 0 aromatic carbocycles. The number of rotatable bonds is 4. The fraction of sp³-hybridized carbons (Fsp3) is 0.818. The Balaban J connectivity index is 2.48. The maximum Gasteiger partial charge on any atom is 0.311 e. The minimum absolute atomic E-state index is 0.0420. The van der Waals surface area contributed by atoms with Gasteiger partial charge in [-0.1, -0.05) is 6.92 Å². The van der Waals surface area contributed by atoms with Crippen LogP contribution in [0.3, 0.4) is 0 Å². The van der Waals surface area contributed by atoms with E-state index in [1.807, 2.05) is 6.92 Å². The van der Waals surface area contributed by atoms with Crippen LogP contribution < -0.4 is 0 Å². The molecule has 1 aliphatic rings. The number of hydrogen-bond acceptors (Lipinski definition) is 4. The number of hydrogen-bond donors (Lipinski definition) is 0. The van der Waals surface area contributed by atoms with Crippen molar-refractivity contribution in [2.45, 2.75) is 38.9 Å². The van der Waals surface area contributed by atoms with E-state index in [-0.39, 0.29) is 30.0 Å². The van der Waals surface area contributed by atoms with Crippen LogP contribution in [0.25, 0.3) is 0 Å². The third-order valence-electron chi connectivity index (χ3n) is 3.02. The van der Waals surface area contributed by atoms with Crippen LogP contribution in [0.15, 0.2) is 0 Å². The molecule has 0 unspecified atom stereocenters. The van der Waals surface area contributed by atoms with Crippen LogP contribution in [0.4, 0.5) is 0 Å². The highest BCUT2D eigenvalue weighted by atomic mass is 16.5. The van der Waals surface area contributed by atoms with Crippen LogP contribution in [-0.2, 0) is 19.1 Å². The van der Waals surface area contributed by atoms with Gasteiger partial charge in [-0.25, -0.2) is 0 Å². The Kier molecular flexibility index (Phi) is 4.27. The van der Waals surface area contributed by atoms with Gasteiger partial charge >= 0.3 is 5.97 Å². The quantitative estimate of drug-likeness (QED) is 0.521. The van der Waals surface area contributed by atoms with Gasteiger partial charge in [0.25, 0.3) is 0 Å². The van der Waals surface area contributed by atoms with Crippen molar-refractivity contribution in [3.05, 3.63) is 0 Å². The largest absolute Gasteiger partial charge is 0.469 e. The fourth-order valence-corrected chi connectivity index (χ4v) is 1.87. The second-order valence-corrected chi connectivity index (χ2v) is 4.10. The molecular weight excluding hydrogens is 196 g/mol. The predicted molar refractivity (Wildman–Crippen MR) is 54.3 cm³/mol. The third kappa shape index (κ3) is 2.78. The molecule has 0 saturated carbocycles. The summed E-state index contributed by atoms with van der Waals surface area (Å²) in [5.41, 5.74) is 0. The van der Waals surface area contributed by atoms with Gasteiger partial charge in [-0.15, -0.1) is 0 Å². The summed E-state index contributed by atoms with van der Waals surface area (Å²) in [4.78, 5) is 21.9. The predicted octanol–water partition coefficient (Wildman–Crippen LogP) is 1.18. The van der Waals surface area contributed by atoms with E-state index in [0.717, 1.165) is 19.1 Å². The van der Waals surface area contributed by atoms with E-state index in [4.69, 9.17) is 4.74 Å². The molecule has 1 saturated heterocycles. The van der Waals surface area contributed by atoms with Crippen molar-refractivity contribution in [2.75, 3.05) is 7.11 Å². The van der Waals surface area contributed by atoms with Gasteiger partial charge in [-0.3, -0.25) is 4.79 Å². The van der Waals surface area contributed by atoms with E-state index >= 15 is 0 Å². The number of esters is 1. The van der Waals surface area contributed by atoms with Gasteiger partial charge in [0.05, 0.1) is 25.2 Å². The summed E-state index contributed by atoms with van der Waals surface area (Å²) in [6.45, 7) is 3.63. The molecule has 1 rings (SSSR count). The standard InChI is InChI=1S/C11H18O4/c1-7(6-12)9-4-5-10(15-9)8(2)11(13)14-3/h6-10H,4-5H2,1-3H3/t7-,8-,9-,10+/m0/s1. The molecule has 4 atom stereocenters. The molecule has 0 aromatic rings. The molecule has 0 bridgehead atoms. The topological polar surface area (TPSA) is 52.6 Å². The molecule has 1 fully saturated rings. The van der Waals surface area contributed by atoms with Crippen molar-refractivity contribution in [3.8, 4) is 0 Å². The van der Waals surface area contributed by atoms with Gasteiger partial charge in [0.1, 0.15) is 6.29 Å². The van der Waals surface area contributed by atoms with Crippen molar-refractivity contribution in [1.29, 1.82) is 0 Å². The second kappa shape index (κ2) is 5.26. The molecule has 1 heterocycles. The Morgan fingerprint density at radius 2 is 2.00 bits per heavy atom. The summed E-state index contributed by atoms with van der Waals surface area (Å²) < 4.78 is 10.3. The van der Waals surface area contributed by atoms with E-state index in [1.165, 1.54) is 7.11 Å². The van der Waals surface area contributed by atoms with Crippen molar-refractivity contribution in [1.82, 2.24) is 0 Å². The van der Waals surface area contributed by atoms with Gasteiger partial charge in [0, 0.05) is 5.92 Å². The summed E-state index contributed by atoms with van der Waals surface area (Å²) in [6, 6.07) is 0. The van der Waals surface area contributed by atoms with Gasteiger partial charge in [0.2, 0.25) is 0 Å². The minimum atomic E-state index is -0.251. The SMILES string of the molecule is COC(=O)[C@@H](C)[C@H]1CC[C@@H]([C@@H](C)C=O)O1. The Morgan fingerprint density at radius 3 is 2.53 bits per heavy atom. The normalized spacial score (nSPS) is 29.5. The highest BCUT2D eigenvalue weighted by Gasteiger charge is 2.35. The lowest BCUT2D eigenvalue weighted by Gasteiger charge is -2.19. The number of methoxy groups -OCH3 is 1. The van der Waals surface area contributed by atoms with E-state index in [2.05, 4.69) is 4.74 Å². The number of carbonyl (C=O) groups is 2. The van der Waals surface area contributed by atoms with E-state index in [1.54, 1.807) is 6.92 Å². The Hall–Kier alpha value is -0.900. The van der Waals surface area contributed by atoms with Crippen LogP contribution >= 0.6 is 0 Å². The highest BCUT2D eigenvalue weighted by Crippen LogP contribution is 2.29. The molecular formula is C11H18O4. The third-order valence-corrected chi connectivity index (χ3v) is 3.02. The van der Waals surface area contributed by atoms with Crippen molar-refractivity contribution >= 4 is 12.3 Å². The van der Waals surface area contributed by atoms with Gasteiger partial charge in [-0.05, 0) is 19.8 Å². The van der Waals surface area contributed by atoms with E-state index in [9.17, 15) is 9.59 Å². The molecule has 15 heavy (non-hydrogen) atoms. The minimum Gasteiger partial charge on any atom is -0.469 e. The van der Waals surface area contributed by atoms with Crippen molar-refractivity contribution in [3.63, 3.8) is 0 Å². The molecule has 86 valence electrons. The molecule has 0 aromatic heterocycles. The molecule has 0 N–H and O–H groups in total. The summed E-state index contributed by atoms with van der Waals surface area (Å²) in [5, 5.41) is 0. The van der Waals surface area contributed by atoms with Crippen LogP contribution in [-0.4, -0.2) is 31.6 Å². The number of carbonyl (C=O) groups excluding carboxylic acids is 2. The first kappa shape index (κ1) is 12.2. The fourth-order valence-electron chi connectivity index (χ4n) is 1.87. The van der Waals surface area contributed by atoms with Gasteiger partial charge in [-0.2, -0.15) is 0 Å². The zero-order valence-corrected chi connectivity index (χ0v) is 9.43. The second-order valence-electron chi connectivity index (χ2n) is 4.10. The molecule has 0 spiro atoms. The summed E-state index contributed by atoms with van der Waals surface area (Å²) in [5.74, 6) is -0.599. The number of ether oxygens (including phenoxy) is 2. The monoisotopic (exact) mass is 214 g/mol. The first-order valence-corrected chi connectivity index (χ1v) is 5.28. The Morgan fingerprint density at radius 1 is 1.40 bits per heavy atom. The first-order valence-electron chi connectivity index (χ1n) is 5.28. The van der Waals surface area contributed by atoms with Crippen molar-refractivity contribution in [2.24, 2.45) is 11.8 Å². The van der Waals surface area contributed by atoms with Crippen LogP contribution in [0.5, 0.6) is 0 Å². The Bertz CT molecular complexity index is 239. The van der Waals surface area contributed by atoms with Gasteiger partial charge < -0.3 is 14.3 Å². The maximum absolute atomic E-state index is 11.3. The number of aldehydes is 1. The maximum atomic E-state index is 11.3. The molecule has 0 radical (unpaired) electrons. The summed E-state index contributed by atoms with van der Waals surface area (Å²) in [6.07, 6.45) is 2.41. The summed E-state index contributed by atoms with van der Waals surface area (Å²) in [7, 11) is 1.37. The smallest absolute Gasteiger partial charge is 0.311 e. The molecule has 0 aliphatic carbocycles. The molecule has 0 amide bonds. The average Bonchev–Trinajstić information content (AvgIpc) is 2.75. The average molecular weight is 214 g/mol. The molecule has 1 aliphatic heterocycles. The lowest BCUT2D eigenvalue weighted by molar-refractivity contribution is -0.150. The van der Waals surface area contributed by atoms with Gasteiger partial charge in [0.15, 0.2) is 0 Å². The zero-order valence-electron chi connectivity index (χ0n) is 9.43. The Labute approximate surface area is 89.9 Å². The molecule has 4 nitrogen and oxygen atoms in total. The van der Waals surface area contributed by atoms with Crippen LogP contribution in [0.2, 0.25) is 0 Å². The lowest BCUT2D eigenvalue weighted by Crippen LogP contribution is -2.28. The van der Waals surface area contributed by atoms with E-state index < -0.39 is 0 Å². The van der Waals surface area contributed by atoms with Crippen LogP contribution in [0.1, 0.15) is 26.7 Å². The van der Waals surface area contributed by atoms with E-state index in [0.29, 0.717) is 0 Å². The lowest BCUT2D eigenvalue weighted by atomic mass is 10.00. The zero-order chi connectivity index (χ0) is 11.4. The molecule has 4 heteroatoms. The van der Waals surface area contributed by atoms with Crippen molar-refractivity contribution < 1.29 is 19.1 Å². The van der Waals surface area contributed by atoms with Crippen LogP contribution in [0, 0.1) is 11.8 Å². The summed E-state index contributed by atoms with van der Waals surface area (Å²) >= 11 is 0. The highest BCUT2D eigenvalue weighted by molar-refractivity contribution is 5.72.